The van der Waals surface area contributed by atoms with E-state index in [9.17, 15) is 4.79 Å². The lowest BCUT2D eigenvalue weighted by molar-refractivity contribution is 0.905. The van der Waals surface area contributed by atoms with Gasteiger partial charge in [0.15, 0.2) is 5.65 Å². The monoisotopic (exact) mass is 180 g/mol. The summed E-state index contributed by atoms with van der Waals surface area (Å²) in [5.74, 6) is 5.24. The van der Waals surface area contributed by atoms with E-state index in [2.05, 4.69) is 15.5 Å². The maximum Gasteiger partial charge on any atom is 0.261 e. The molecule has 7 nitrogen and oxygen atoms in total. The second-order valence-electron chi connectivity index (χ2n) is 2.50. The highest BCUT2D eigenvalue weighted by Gasteiger charge is 2.05. The van der Waals surface area contributed by atoms with E-state index >= 15 is 0 Å². The molecule has 2 aromatic rings. The fraction of sp³-hybridized carbons (Fsp3) is 0. The van der Waals surface area contributed by atoms with Crippen LogP contribution in [0.5, 0.6) is 0 Å². The molecule has 0 aliphatic heterocycles. The van der Waals surface area contributed by atoms with Gasteiger partial charge in [0.1, 0.15) is 0 Å². The Balaban J connectivity index is 2.90. The van der Waals surface area contributed by atoms with Crippen molar-refractivity contribution in [2.24, 2.45) is 5.84 Å². The number of aromatic nitrogens is 3. The molecular weight excluding hydrogens is 172 g/mol. The molecule has 2 aromatic heterocycles. The highest BCUT2D eigenvalue weighted by Crippen LogP contribution is 2.06. The van der Waals surface area contributed by atoms with E-state index in [-0.39, 0.29) is 11.5 Å². The lowest BCUT2D eigenvalue weighted by Gasteiger charge is -2.01. The average Bonchev–Trinajstić information content (AvgIpc) is 2.47. The van der Waals surface area contributed by atoms with Gasteiger partial charge in [-0.3, -0.25) is 15.3 Å². The minimum Gasteiger partial charge on any atom is -0.369 e. The first-order valence-electron chi connectivity index (χ1n) is 3.56. The van der Waals surface area contributed by atoms with Crippen molar-refractivity contribution in [2.75, 3.05) is 11.3 Å². The summed E-state index contributed by atoms with van der Waals surface area (Å²) in [6, 6.07) is 1.60. The summed E-state index contributed by atoms with van der Waals surface area (Å²) in [6.45, 7) is 0. The topological polar surface area (TPSA) is 115 Å². The molecule has 0 aliphatic rings. The van der Waals surface area contributed by atoms with Crippen LogP contribution in [0.25, 0.3) is 11.0 Å². The van der Waals surface area contributed by atoms with Gasteiger partial charge in [-0.25, -0.2) is 10.5 Å². The van der Waals surface area contributed by atoms with Crippen LogP contribution in [0.15, 0.2) is 17.1 Å². The molecule has 0 fully saturated rings. The molecule has 2 heterocycles. The molecule has 13 heavy (non-hydrogen) atoms. The summed E-state index contributed by atoms with van der Waals surface area (Å²) in [5, 5.41) is 0.437. The third-order valence-corrected chi connectivity index (χ3v) is 1.71. The Morgan fingerprint density at radius 1 is 1.62 bits per heavy atom. The minimum absolute atomic E-state index is 0.0627. The molecule has 0 saturated carbocycles. The quantitative estimate of drug-likeness (QED) is 0.322. The van der Waals surface area contributed by atoms with Gasteiger partial charge in [0.25, 0.3) is 5.56 Å². The molecule has 0 amide bonds. The van der Waals surface area contributed by atoms with Crippen LogP contribution in [0, 0.1) is 0 Å². The number of H-pyrrole nitrogens is 1. The van der Waals surface area contributed by atoms with Gasteiger partial charge in [-0.1, -0.05) is 0 Å². The van der Waals surface area contributed by atoms with Crippen molar-refractivity contribution in [1.29, 1.82) is 0 Å². The molecule has 0 radical (unpaired) electrons. The number of nitrogens with zero attached hydrogens (tertiary/aromatic N) is 2. The lowest BCUT2D eigenvalue weighted by Crippen LogP contribution is -2.22. The zero-order valence-electron chi connectivity index (χ0n) is 6.61. The van der Waals surface area contributed by atoms with Crippen molar-refractivity contribution in [3.8, 4) is 0 Å². The Hall–Kier alpha value is -2.02. The lowest BCUT2D eigenvalue weighted by atomic mass is 10.4. The van der Waals surface area contributed by atoms with Crippen molar-refractivity contribution >= 4 is 17.0 Å². The van der Waals surface area contributed by atoms with Crippen molar-refractivity contribution < 1.29 is 0 Å². The molecule has 0 spiro atoms. The van der Waals surface area contributed by atoms with Crippen LogP contribution in [-0.4, -0.2) is 14.6 Å². The summed E-state index contributed by atoms with van der Waals surface area (Å²) in [4.78, 5) is 17.6. The first-order valence-corrected chi connectivity index (χ1v) is 3.56. The number of hydrogen-bond acceptors (Lipinski definition) is 5. The highest BCUT2D eigenvalue weighted by molar-refractivity contribution is 5.76. The highest BCUT2D eigenvalue weighted by atomic mass is 16.1. The summed E-state index contributed by atoms with van der Waals surface area (Å²) < 4.78 is 1.40. The van der Waals surface area contributed by atoms with Crippen LogP contribution in [0.3, 0.4) is 0 Å². The normalized spacial score (nSPS) is 10.5. The molecular formula is C6H8N6O. The molecule has 68 valence electrons. The minimum atomic E-state index is -0.281. The predicted molar refractivity (Wildman–Crippen MR) is 48.3 cm³/mol. The van der Waals surface area contributed by atoms with E-state index in [1.54, 1.807) is 12.3 Å². The molecule has 0 aliphatic carbocycles. The fourth-order valence-corrected chi connectivity index (χ4v) is 1.15. The molecule has 0 atom stereocenters. The molecule has 7 heteroatoms. The van der Waals surface area contributed by atoms with Gasteiger partial charge in [-0.05, 0) is 6.07 Å². The van der Waals surface area contributed by atoms with Crippen LogP contribution < -0.4 is 22.7 Å². The van der Waals surface area contributed by atoms with Crippen LogP contribution >= 0.6 is 0 Å². The summed E-state index contributed by atoms with van der Waals surface area (Å²) in [7, 11) is 0. The Labute approximate surface area is 72.3 Å². The van der Waals surface area contributed by atoms with Gasteiger partial charge in [0.05, 0.1) is 5.39 Å². The summed E-state index contributed by atoms with van der Waals surface area (Å²) >= 11 is 0. The van der Waals surface area contributed by atoms with E-state index in [4.69, 9.17) is 11.6 Å². The van der Waals surface area contributed by atoms with Crippen LogP contribution in [0.2, 0.25) is 0 Å². The first kappa shape index (κ1) is 7.62. The van der Waals surface area contributed by atoms with E-state index in [1.807, 2.05) is 0 Å². The molecule has 0 aromatic carbocycles. The number of rotatable bonds is 1. The second kappa shape index (κ2) is 2.49. The molecule has 0 bridgehead atoms. The number of fused-ring (bicyclic) bond motifs is 1. The van der Waals surface area contributed by atoms with E-state index in [0.29, 0.717) is 11.0 Å². The first-order chi connectivity index (χ1) is 6.22. The Bertz CT molecular complexity index is 497. The molecule has 0 unspecified atom stereocenters. The number of hydrogen-bond donors (Lipinski definition) is 4. The average molecular weight is 180 g/mol. The molecule has 6 N–H and O–H groups in total. The number of anilines is 1. The van der Waals surface area contributed by atoms with Crippen LogP contribution in [-0.2, 0) is 0 Å². The summed E-state index contributed by atoms with van der Waals surface area (Å²) in [6.07, 6.45) is 1.59. The number of hydrazine groups is 1. The standard InChI is InChI=1S/C6H8N6O/c7-6-9-4-3(5(13)10-6)1-2-12(4)11-8/h1-2,11H,8H2,(H3,7,9,10,13). The number of aromatic amines is 1. The van der Waals surface area contributed by atoms with Crippen LogP contribution in [0.1, 0.15) is 0 Å². The zero-order chi connectivity index (χ0) is 9.42. The van der Waals surface area contributed by atoms with E-state index in [0.717, 1.165) is 0 Å². The molecule has 0 saturated heterocycles. The SMILES string of the molecule is NNn1ccc2c(=O)[nH]c(N)nc21. The Kier molecular flexibility index (Phi) is 1.46. The smallest absolute Gasteiger partial charge is 0.261 e. The van der Waals surface area contributed by atoms with Crippen molar-refractivity contribution in [1.82, 2.24) is 14.6 Å². The third kappa shape index (κ3) is 1.02. The summed E-state index contributed by atoms with van der Waals surface area (Å²) in [5.41, 5.74) is 7.83. The second-order valence-corrected chi connectivity index (χ2v) is 2.50. The van der Waals surface area contributed by atoms with Gasteiger partial charge in [-0.2, -0.15) is 4.98 Å². The Morgan fingerprint density at radius 2 is 2.38 bits per heavy atom. The maximum atomic E-state index is 11.3. The van der Waals surface area contributed by atoms with Crippen molar-refractivity contribution in [3.63, 3.8) is 0 Å². The number of nitrogens with two attached hydrogens (primary N) is 2. The number of nitrogens with one attached hydrogen (secondary N) is 2. The third-order valence-electron chi connectivity index (χ3n) is 1.71. The van der Waals surface area contributed by atoms with Gasteiger partial charge >= 0.3 is 0 Å². The van der Waals surface area contributed by atoms with Crippen LogP contribution in [0.4, 0.5) is 5.95 Å². The van der Waals surface area contributed by atoms with Gasteiger partial charge in [-0.15, -0.1) is 0 Å². The molecule has 2 rings (SSSR count). The zero-order valence-corrected chi connectivity index (χ0v) is 6.61. The van der Waals surface area contributed by atoms with E-state index < -0.39 is 0 Å². The predicted octanol–water partition coefficient (Wildman–Crippen LogP) is -1.28. The van der Waals surface area contributed by atoms with Gasteiger partial charge in [0, 0.05) is 6.20 Å². The Morgan fingerprint density at radius 3 is 3.08 bits per heavy atom. The number of nitrogen functional groups attached to an aromatic ring is 2. The van der Waals surface area contributed by atoms with Crippen molar-refractivity contribution in [2.45, 2.75) is 0 Å². The van der Waals surface area contributed by atoms with Gasteiger partial charge < -0.3 is 5.73 Å². The van der Waals surface area contributed by atoms with Crippen molar-refractivity contribution in [3.05, 3.63) is 22.6 Å². The van der Waals surface area contributed by atoms with Gasteiger partial charge in [0.2, 0.25) is 5.95 Å². The maximum absolute atomic E-state index is 11.3. The largest absolute Gasteiger partial charge is 0.369 e. The van der Waals surface area contributed by atoms with E-state index in [1.165, 1.54) is 4.68 Å². The fourth-order valence-electron chi connectivity index (χ4n) is 1.15.